The first-order valence-corrected chi connectivity index (χ1v) is 7.78. The molecule has 1 amide bonds. The summed E-state index contributed by atoms with van der Waals surface area (Å²) in [4.78, 5) is 26.3. The average molecular weight is 307 g/mol. The Balaban J connectivity index is 2.09. The van der Waals surface area contributed by atoms with Crippen LogP contribution in [0.1, 0.15) is 24.3 Å². The third kappa shape index (κ3) is 1.82. The molecule has 2 aliphatic heterocycles. The third-order valence-corrected chi connectivity index (χ3v) is 5.74. The number of carbonyl (C=O) groups excluding carboxylic acids is 2. The monoisotopic (exact) mass is 307 g/mol. The van der Waals surface area contributed by atoms with Crippen molar-refractivity contribution in [3.63, 3.8) is 0 Å². The number of nitrogens with zero attached hydrogens (tertiary/aromatic N) is 1. The van der Waals surface area contributed by atoms with Gasteiger partial charge in [0.05, 0.1) is 13.5 Å². The van der Waals surface area contributed by atoms with Crippen LogP contribution in [0, 0.1) is 0 Å². The molecule has 0 aromatic heterocycles. The van der Waals surface area contributed by atoms with Crippen LogP contribution in [0.3, 0.4) is 0 Å². The van der Waals surface area contributed by atoms with Gasteiger partial charge in [-0.15, -0.1) is 11.8 Å². The Labute approximate surface area is 127 Å². The van der Waals surface area contributed by atoms with Gasteiger partial charge in [0.2, 0.25) is 5.91 Å². The molecule has 0 spiro atoms. The molecule has 6 heteroatoms. The number of carbonyl (C=O) groups is 2. The Kier molecular flexibility index (Phi) is 3.26. The van der Waals surface area contributed by atoms with Crippen LogP contribution >= 0.6 is 11.8 Å². The molecule has 2 fully saturated rings. The highest BCUT2D eigenvalue weighted by Gasteiger charge is 2.70. The van der Waals surface area contributed by atoms with E-state index in [1.807, 2.05) is 30.3 Å². The molecule has 0 aliphatic carbocycles. The van der Waals surface area contributed by atoms with Gasteiger partial charge in [-0.05, 0) is 12.5 Å². The van der Waals surface area contributed by atoms with E-state index in [2.05, 4.69) is 0 Å². The Morgan fingerprint density at radius 3 is 2.71 bits per heavy atom. The van der Waals surface area contributed by atoms with Gasteiger partial charge >= 0.3 is 5.97 Å². The van der Waals surface area contributed by atoms with Crippen molar-refractivity contribution in [2.45, 2.75) is 29.9 Å². The van der Waals surface area contributed by atoms with E-state index in [0.29, 0.717) is 5.75 Å². The van der Waals surface area contributed by atoms with E-state index in [9.17, 15) is 14.7 Å². The number of ether oxygens (including phenoxy) is 1. The Morgan fingerprint density at radius 1 is 1.43 bits per heavy atom. The largest absolute Gasteiger partial charge is 0.467 e. The first-order valence-electron chi connectivity index (χ1n) is 6.73. The molecule has 2 saturated heterocycles. The summed E-state index contributed by atoms with van der Waals surface area (Å²) >= 11 is 1.48. The van der Waals surface area contributed by atoms with Crippen LogP contribution in [0.4, 0.5) is 0 Å². The van der Waals surface area contributed by atoms with Crippen molar-refractivity contribution < 1.29 is 19.4 Å². The van der Waals surface area contributed by atoms with Crippen molar-refractivity contribution in [3.05, 3.63) is 35.9 Å². The van der Waals surface area contributed by atoms with Crippen molar-refractivity contribution >= 4 is 23.6 Å². The lowest BCUT2D eigenvalue weighted by atomic mass is 9.83. The molecular weight excluding hydrogens is 290 g/mol. The van der Waals surface area contributed by atoms with Crippen molar-refractivity contribution in [1.82, 2.24) is 4.90 Å². The molecule has 3 rings (SSSR count). The fourth-order valence-corrected chi connectivity index (χ4v) is 5.00. The van der Waals surface area contributed by atoms with Crippen LogP contribution < -0.4 is 0 Å². The van der Waals surface area contributed by atoms with E-state index in [4.69, 9.17) is 4.74 Å². The van der Waals surface area contributed by atoms with E-state index in [0.717, 1.165) is 5.56 Å². The molecule has 0 radical (unpaired) electrons. The number of fused-ring (bicyclic) bond motifs is 1. The number of benzene rings is 1. The summed E-state index contributed by atoms with van der Waals surface area (Å²) < 4.78 is 4.90. The summed E-state index contributed by atoms with van der Waals surface area (Å²) in [5.41, 5.74) is -1.78. The minimum absolute atomic E-state index is 0.0635. The lowest BCUT2D eigenvalue weighted by Gasteiger charge is -2.38. The molecule has 1 N–H and O–H groups in total. The Hall–Kier alpha value is -1.53. The Bertz CT molecular complexity index is 589. The first kappa shape index (κ1) is 14.4. The van der Waals surface area contributed by atoms with E-state index < -0.39 is 17.1 Å². The predicted octanol–water partition coefficient (Wildman–Crippen LogP) is 1.33. The van der Waals surface area contributed by atoms with Gasteiger partial charge in [-0.2, -0.15) is 0 Å². The van der Waals surface area contributed by atoms with E-state index in [1.165, 1.54) is 30.7 Å². The standard InChI is InChI=1S/C15H17NO4S/c1-14(19)8-11(17)16-12(10-6-4-3-5-7-10)21-9-15(14,16)13(18)20-2/h3-7,12,19H,8-9H2,1-2H3/t12-,14+,15+/m1/s1. The van der Waals surface area contributed by atoms with Crippen molar-refractivity contribution in [2.24, 2.45) is 0 Å². The lowest BCUT2D eigenvalue weighted by molar-refractivity contribution is -0.165. The van der Waals surface area contributed by atoms with Crippen molar-refractivity contribution in [2.75, 3.05) is 12.9 Å². The van der Waals surface area contributed by atoms with Gasteiger partial charge in [-0.3, -0.25) is 4.79 Å². The summed E-state index contributed by atoms with van der Waals surface area (Å²) in [7, 11) is 1.29. The van der Waals surface area contributed by atoms with E-state index >= 15 is 0 Å². The molecule has 1 aromatic carbocycles. The van der Waals surface area contributed by atoms with Gasteiger partial charge < -0.3 is 14.7 Å². The van der Waals surface area contributed by atoms with Crippen LogP contribution in [-0.2, 0) is 14.3 Å². The van der Waals surface area contributed by atoms with Crippen LogP contribution in [0.5, 0.6) is 0 Å². The fraction of sp³-hybridized carbons (Fsp3) is 0.467. The second-order valence-electron chi connectivity index (χ2n) is 5.64. The zero-order valence-electron chi connectivity index (χ0n) is 11.9. The summed E-state index contributed by atoms with van der Waals surface area (Å²) in [6.07, 6.45) is -0.0635. The summed E-state index contributed by atoms with van der Waals surface area (Å²) in [6.45, 7) is 1.54. The van der Waals surface area contributed by atoms with Gasteiger partial charge in [0.25, 0.3) is 0 Å². The number of methoxy groups -OCH3 is 1. The number of amides is 1. The van der Waals surface area contributed by atoms with Gasteiger partial charge in [-0.25, -0.2) is 4.79 Å². The first-order chi connectivity index (χ1) is 9.94. The maximum Gasteiger partial charge on any atom is 0.335 e. The molecule has 0 bridgehead atoms. The number of esters is 1. The van der Waals surface area contributed by atoms with Crippen LogP contribution in [0.15, 0.2) is 30.3 Å². The number of hydrogen-bond acceptors (Lipinski definition) is 5. The third-order valence-electron chi connectivity index (χ3n) is 4.36. The van der Waals surface area contributed by atoms with Crippen molar-refractivity contribution in [3.8, 4) is 0 Å². The number of thioether (sulfide) groups is 1. The van der Waals surface area contributed by atoms with Gasteiger partial charge in [-0.1, -0.05) is 30.3 Å². The number of rotatable bonds is 2. The average Bonchev–Trinajstić information content (AvgIpc) is 2.96. The number of aliphatic hydroxyl groups is 1. The molecule has 2 heterocycles. The molecule has 2 aliphatic rings. The quantitative estimate of drug-likeness (QED) is 0.835. The maximum absolute atomic E-state index is 12.4. The molecular formula is C15H17NO4S. The van der Waals surface area contributed by atoms with Crippen LogP contribution in [0.25, 0.3) is 0 Å². The minimum atomic E-state index is -1.42. The minimum Gasteiger partial charge on any atom is -0.467 e. The molecule has 21 heavy (non-hydrogen) atoms. The molecule has 3 atom stereocenters. The SMILES string of the molecule is COC(=O)[C@]12CS[C@H](c3ccccc3)N1C(=O)C[C@]2(C)O. The fourth-order valence-electron chi connectivity index (χ4n) is 3.24. The highest BCUT2D eigenvalue weighted by molar-refractivity contribution is 7.99. The van der Waals surface area contributed by atoms with Gasteiger partial charge in [0, 0.05) is 5.75 Å². The second kappa shape index (κ2) is 4.74. The summed E-state index contributed by atoms with van der Waals surface area (Å²) in [5.74, 6) is -0.439. The lowest BCUT2D eigenvalue weighted by Crippen LogP contribution is -2.61. The molecule has 0 unspecified atom stereocenters. The number of hydrogen-bond donors (Lipinski definition) is 1. The molecule has 5 nitrogen and oxygen atoms in total. The Morgan fingerprint density at radius 2 is 2.10 bits per heavy atom. The topological polar surface area (TPSA) is 66.8 Å². The highest BCUT2D eigenvalue weighted by atomic mass is 32.2. The smallest absolute Gasteiger partial charge is 0.335 e. The summed E-state index contributed by atoms with van der Waals surface area (Å²) in [6, 6.07) is 9.54. The second-order valence-corrected chi connectivity index (χ2v) is 6.71. The molecule has 1 aromatic rings. The van der Waals surface area contributed by atoms with Crippen LogP contribution in [-0.4, -0.2) is 45.9 Å². The van der Waals surface area contributed by atoms with E-state index in [-0.39, 0.29) is 17.7 Å². The van der Waals surface area contributed by atoms with Gasteiger partial charge in [0.15, 0.2) is 5.54 Å². The predicted molar refractivity (Wildman–Crippen MR) is 78.5 cm³/mol. The highest BCUT2D eigenvalue weighted by Crippen LogP contribution is 2.56. The summed E-state index contributed by atoms with van der Waals surface area (Å²) in [5, 5.41) is 10.4. The maximum atomic E-state index is 12.4. The normalized spacial score (nSPS) is 34.9. The van der Waals surface area contributed by atoms with E-state index in [1.54, 1.807) is 0 Å². The zero-order valence-corrected chi connectivity index (χ0v) is 12.7. The van der Waals surface area contributed by atoms with Crippen molar-refractivity contribution in [1.29, 1.82) is 0 Å². The van der Waals surface area contributed by atoms with Gasteiger partial charge in [0.1, 0.15) is 11.0 Å². The van der Waals surface area contributed by atoms with Crippen LogP contribution in [0.2, 0.25) is 0 Å². The zero-order chi connectivity index (χ0) is 15.3. The molecule has 0 saturated carbocycles. The molecule has 112 valence electrons.